The third kappa shape index (κ3) is 4.76. The summed E-state index contributed by atoms with van der Waals surface area (Å²) in [6.45, 7) is 5.25. The summed E-state index contributed by atoms with van der Waals surface area (Å²) in [4.78, 5) is 11.5. The third-order valence-corrected chi connectivity index (χ3v) is 2.84. The van der Waals surface area contributed by atoms with Crippen molar-refractivity contribution in [2.75, 3.05) is 13.2 Å². The van der Waals surface area contributed by atoms with Crippen molar-refractivity contribution in [2.24, 2.45) is 0 Å². The highest BCUT2D eigenvalue weighted by atomic mass is 16.5. The summed E-state index contributed by atoms with van der Waals surface area (Å²) < 4.78 is 10.7. The number of carbonyl (C=O) groups is 1. The SMILES string of the molecule is CCOC(C)C(=O)CCCC1CCCO1. The Kier molecular flexibility index (Phi) is 5.88. The van der Waals surface area contributed by atoms with E-state index in [0.717, 1.165) is 25.9 Å². The quantitative estimate of drug-likeness (QED) is 0.652. The molecule has 0 aliphatic carbocycles. The fourth-order valence-corrected chi connectivity index (χ4v) is 1.92. The van der Waals surface area contributed by atoms with Gasteiger partial charge < -0.3 is 9.47 Å². The number of ether oxygens (including phenoxy) is 2. The van der Waals surface area contributed by atoms with Crippen LogP contribution in [-0.2, 0) is 14.3 Å². The van der Waals surface area contributed by atoms with Gasteiger partial charge in [-0.2, -0.15) is 0 Å². The zero-order chi connectivity index (χ0) is 11.1. The highest BCUT2D eigenvalue weighted by molar-refractivity contribution is 5.82. The first-order valence-electron chi connectivity index (χ1n) is 6.00. The van der Waals surface area contributed by atoms with Crippen LogP contribution < -0.4 is 0 Å². The van der Waals surface area contributed by atoms with Crippen molar-refractivity contribution in [2.45, 2.75) is 58.2 Å². The van der Waals surface area contributed by atoms with Crippen LogP contribution in [-0.4, -0.2) is 31.2 Å². The molecule has 2 atom stereocenters. The van der Waals surface area contributed by atoms with Crippen molar-refractivity contribution < 1.29 is 14.3 Å². The zero-order valence-corrected chi connectivity index (χ0v) is 9.83. The maximum atomic E-state index is 11.5. The van der Waals surface area contributed by atoms with Crippen LogP contribution in [0.2, 0.25) is 0 Å². The Bertz CT molecular complexity index is 185. The Morgan fingerprint density at radius 2 is 2.40 bits per heavy atom. The lowest BCUT2D eigenvalue weighted by Gasteiger charge is -2.11. The molecule has 0 N–H and O–H groups in total. The zero-order valence-electron chi connectivity index (χ0n) is 9.83. The van der Waals surface area contributed by atoms with Crippen LogP contribution in [0.1, 0.15) is 46.0 Å². The molecule has 1 saturated heterocycles. The number of carbonyl (C=O) groups excluding carboxylic acids is 1. The van der Waals surface area contributed by atoms with Crippen molar-refractivity contribution in [3.05, 3.63) is 0 Å². The monoisotopic (exact) mass is 214 g/mol. The van der Waals surface area contributed by atoms with Crippen molar-refractivity contribution in [3.8, 4) is 0 Å². The molecule has 0 aromatic carbocycles. The van der Waals surface area contributed by atoms with Gasteiger partial charge in [-0.1, -0.05) is 0 Å². The second kappa shape index (κ2) is 6.96. The van der Waals surface area contributed by atoms with Crippen LogP contribution in [0.4, 0.5) is 0 Å². The minimum Gasteiger partial charge on any atom is -0.378 e. The van der Waals surface area contributed by atoms with Crippen molar-refractivity contribution in [3.63, 3.8) is 0 Å². The van der Waals surface area contributed by atoms with E-state index in [1.54, 1.807) is 0 Å². The highest BCUT2D eigenvalue weighted by Crippen LogP contribution is 2.18. The summed E-state index contributed by atoms with van der Waals surface area (Å²) in [6, 6.07) is 0. The molecule has 3 nitrogen and oxygen atoms in total. The summed E-state index contributed by atoms with van der Waals surface area (Å²) in [5.41, 5.74) is 0. The summed E-state index contributed by atoms with van der Waals surface area (Å²) in [5, 5.41) is 0. The van der Waals surface area contributed by atoms with Crippen LogP contribution in [0.25, 0.3) is 0 Å². The molecule has 0 aromatic rings. The van der Waals surface area contributed by atoms with Gasteiger partial charge in [0.1, 0.15) is 6.10 Å². The predicted molar refractivity (Wildman–Crippen MR) is 58.9 cm³/mol. The molecule has 0 radical (unpaired) electrons. The van der Waals surface area contributed by atoms with Gasteiger partial charge in [0.2, 0.25) is 0 Å². The highest BCUT2D eigenvalue weighted by Gasteiger charge is 2.17. The van der Waals surface area contributed by atoms with E-state index in [0.29, 0.717) is 19.1 Å². The molecule has 2 unspecified atom stereocenters. The van der Waals surface area contributed by atoms with Gasteiger partial charge in [-0.3, -0.25) is 4.79 Å². The largest absolute Gasteiger partial charge is 0.378 e. The van der Waals surface area contributed by atoms with Gasteiger partial charge in [-0.15, -0.1) is 0 Å². The number of Topliss-reactive ketones (excluding diaryl/α,β-unsaturated/α-hetero) is 1. The molecular formula is C12H22O3. The summed E-state index contributed by atoms with van der Waals surface area (Å²) in [6.07, 6.45) is 5.08. The van der Waals surface area contributed by atoms with Crippen LogP contribution in [0.5, 0.6) is 0 Å². The van der Waals surface area contributed by atoms with E-state index < -0.39 is 0 Å². The molecule has 1 aliphatic heterocycles. The molecule has 1 aliphatic rings. The lowest BCUT2D eigenvalue weighted by atomic mass is 10.1. The van der Waals surface area contributed by atoms with Gasteiger partial charge in [0.15, 0.2) is 5.78 Å². The minimum atomic E-state index is -0.237. The fraction of sp³-hybridized carbons (Fsp3) is 0.917. The number of hydrogen-bond acceptors (Lipinski definition) is 3. The lowest BCUT2D eigenvalue weighted by Crippen LogP contribution is -2.20. The molecule has 0 amide bonds. The smallest absolute Gasteiger partial charge is 0.161 e. The van der Waals surface area contributed by atoms with Gasteiger partial charge in [0, 0.05) is 19.6 Å². The van der Waals surface area contributed by atoms with Gasteiger partial charge in [0.05, 0.1) is 6.10 Å². The maximum absolute atomic E-state index is 11.5. The van der Waals surface area contributed by atoms with Crippen LogP contribution >= 0.6 is 0 Å². The molecule has 15 heavy (non-hydrogen) atoms. The Labute approximate surface area is 92.1 Å². The van der Waals surface area contributed by atoms with Gasteiger partial charge in [-0.25, -0.2) is 0 Å². The first-order valence-corrected chi connectivity index (χ1v) is 6.00. The topological polar surface area (TPSA) is 35.5 Å². The Morgan fingerprint density at radius 3 is 3.00 bits per heavy atom. The summed E-state index contributed by atoms with van der Waals surface area (Å²) in [5.74, 6) is 0.217. The molecule has 0 bridgehead atoms. The van der Waals surface area contributed by atoms with Crippen LogP contribution in [0, 0.1) is 0 Å². The molecule has 1 rings (SSSR count). The number of hydrogen-bond donors (Lipinski definition) is 0. The van der Waals surface area contributed by atoms with Gasteiger partial charge in [0.25, 0.3) is 0 Å². The fourth-order valence-electron chi connectivity index (χ4n) is 1.92. The molecule has 1 heterocycles. The molecule has 0 saturated carbocycles. The standard InChI is InChI=1S/C12H22O3/c1-3-14-10(2)12(13)8-4-6-11-7-5-9-15-11/h10-11H,3-9H2,1-2H3. The molecule has 88 valence electrons. The number of rotatable bonds is 7. The summed E-state index contributed by atoms with van der Waals surface area (Å²) in [7, 11) is 0. The maximum Gasteiger partial charge on any atom is 0.161 e. The van der Waals surface area contributed by atoms with Crippen LogP contribution in [0.3, 0.4) is 0 Å². The van der Waals surface area contributed by atoms with E-state index >= 15 is 0 Å². The van der Waals surface area contributed by atoms with Crippen molar-refractivity contribution in [1.29, 1.82) is 0 Å². The molecule has 3 heteroatoms. The first kappa shape index (κ1) is 12.7. The Balaban J connectivity index is 2.05. The molecular weight excluding hydrogens is 192 g/mol. The Hall–Kier alpha value is -0.410. The molecule has 0 spiro atoms. The van der Waals surface area contributed by atoms with E-state index in [-0.39, 0.29) is 11.9 Å². The average molecular weight is 214 g/mol. The van der Waals surface area contributed by atoms with E-state index in [1.165, 1.54) is 6.42 Å². The van der Waals surface area contributed by atoms with Gasteiger partial charge >= 0.3 is 0 Å². The predicted octanol–water partition coefficient (Wildman–Crippen LogP) is 2.33. The third-order valence-electron chi connectivity index (χ3n) is 2.84. The van der Waals surface area contributed by atoms with E-state index in [9.17, 15) is 4.79 Å². The first-order chi connectivity index (χ1) is 7.24. The number of ketones is 1. The normalized spacial score (nSPS) is 22.9. The van der Waals surface area contributed by atoms with Crippen LogP contribution in [0.15, 0.2) is 0 Å². The van der Waals surface area contributed by atoms with Crippen molar-refractivity contribution in [1.82, 2.24) is 0 Å². The van der Waals surface area contributed by atoms with E-state index in [1.807, 2.05) is 13.8 Å². The van der Waals surface area contributed by atoms with E-state index in [4.69, 9.17) is 9.47 Å². The average Bonchev–Trinajstić information content (AvgIpc) is 2.71. The molecule has 0 aromatic heterocycles. The van der Waals surface area contributed by atoms with Crippen molar-refractivity contribution >= 4 is 5.78 Å². The Morgan fingerprint density at radius 1 is 1.60 bits per heavy atom. The summed E-state index contributed by atoms with van der Waals surface area (Å²) >= 11 is 0. The second-order valence-electron chi connectivity index (χ2n) is 4.09. The molecule has 1 fully saturated rings. The minimum absolute atomic E-state index is 0.217. The van der Waals surface area contributed by atoms with E-state index in [2.05, 4.69) is 0 Å². The van der Waals surface area contributed by atoms with Gasteiger partial charge in [-0.05, 0) is 39.5 Å². The lowest BCUT2D eigenvalue weighted by molar-refractivity contribution is -0.129. The second-order valence-corrected chi connectivity index (χ2v) is 4.09.